The van der Waals surface area contributed by atoms with Crippen LogP contribution in [0, 0.1) is 5.41 Å². The van der Waals surface area contributed by atoms with Gasteiger partial charge in [0.2, 0.25) is 0 Å². The molecule has 0 aliphatic rings. The molecule has 0 aromatic heterocycles. The lowest BCUT2D eigenvalue weighted by Crippen LogP contribution is -2.02. The number of rotatable bonds is 2. The van der Waals surface area contributed by atoms with E-state index in [0.29, 0.717) is 17.8 Å². The molecule has 0 aromatic carbocycles. The van der Waals surface area contributed by atoms with Crippen molar-refractivity contribution in [2.75, 3.05) is 11.9 Å². The molecule has 0 aliphatic carbocycles. The van der Waals surface area contributed by atoms with Crippen LogP contribution in [-0.4, -0.2) is 17.8 Å². The highest BCUT2D eigenvalue weighted by molar-refractivity contribution is 9.09. The molecule has 0 unspecified atom stereocenters. The normalized spacial score (nSPS) is 7.25. The monoisotopic (exact) mass is 245 g/mol. The van der Waals surface area contributed by atoms with Crippen LogP contribution in [0.15, 0.2) is 0 Å². The van der Waals surface area contributed by atoms with Crippen LogP contribution in [0.2, 0.25) is 0 Å². The summed E-state index contributed by atoms with van der Waals surface area (Å²) in [6.45, 7) is 2.45. The van der Waals surface area contributed by atoms with E-state index in [4.69, 9.17) is 10.1 Å². The van der Waals surface area contributed by atoms with Gasteiger partial charge in [-0.1, -0.05) is 15.9 Å². The van der Waals surface area contributed by atoms with Gasteiger partial charge >= 0.3 is 0 Å². The van der Waals surface area contributed by atoms with Gasteiger partial charge in [-0.05, 0) is 6.92 Å². The van der Waals surface area contributed by atoms with Crippen LogP contribution in [-0.2, 0) is 4.74 Å². The number of nitrogens with one attached hydrogen (secondary N) is 1. The van der Waals surface area contributed by atoms with Crippen molar-refractivity contribution in [3.63, 3.8) is 0 Å². The summed E-state index contributed by atoms with van der Waals surface area (Å²) >= 11 is 3.07. The Morgan fingerprint density at radius 1 is 1.75 bits per heavy atom. The number of hydrogen-bond donors (Lipinski definition) is 1. The average molecular weight is 247 g/mol. The smallest absolute Gasteiger partial charge is 0.191 e. The molecule has 0 bridgehead atoms. The third-order valence-corrected chi connectivity index (χ3v) is 0.949. The van der Waals surface area contributed by atoms with E-state index in [1.54, 1.807) is 0 Å². The first-order valence-electron chi connectivity index (χ1n) is 2.07. The van der Waals surface area contributed by atoms with Gasteiger partial charge in [0.15, 0.2) is 5.90 Å². The first-order chi connectivity index (χ1) is 3.31. The summed E-state index contributed by atoms with van der Waals surface area (Å²) in [7, 11) is 0. The molecule has 2 nitrogen and oxygen atoms in total. The van der Waals surface area contributed by atoms with Crippen molar-refractivity contribution in [1.29, 1.82) is 5.41 Å². The van der Waals surface area contributed by atoms with Crippen LogP contribution in [0.5, 0.6) is 0 Å². The second kappa shape index (κ2) is 7.43. The third-order valence-electron chi connectivity index (χ3n) is 0.440. The molecule has 0 aromatic rings. The van der Waals surface area contributed by atoms with Gasteiger partial charge in [0.1, 0.15) is 0 Å². The maximum absolute atomic E-state index is 6.87. The van der Waals surface area contributed by atoms with Gasteiger partial charge in [0.05, 0.1) is 11.9 Å². The highest BCUT2D eigenvalue weighted by Gasteiger charge is 1.87. The molecule has 0 atom stereocenters. The van der Waals surface area contributed by atoms with E-state index < -0.39 is 0 Å². The Balaban J connectivity index is 0. The lowest BCUT2D eigenvalue weighted by atomic mass is 10.7. The van der Waals surface area contributed by atoms with Gasteiger partial charge in [-0.15, -0.1) is 17.0 Å². The minimum absolute atomic E-state index is 0. The van der Waals surface area contributed by atoms with Crippen molar-refractivity contribution in [3.05, 3.63) is 0 Å². The van der Waals surface area contributed by atoms with E-state index in [2.05, 4.69) is 15.9 Å². The molecular formula is C4H9Br2NO. The number of hydrogen-bond acceptors (Lipinski definition) is 2. The molecular weight excluding hydrogens is 238 g/mol. The van der Waals surface area contributed by atoms with Crippen LogP contribution >= 0.6 is 32.9 Å². The van der Waals surface area contributed by atoms with Crippen LogP contribution in [0.1, 0.15) is 6.92 Å². The Hall–Kier alpha value is 0.430. The van der Waals surface area contributed by atoms with Crippen LogP contribution in [0.25, 0.3) is 0 Å². The fourth-order valence-electron chi connectivity index (χ4n) is 0.213. The molecule has 0 aliphatic heterocycles. The quantitative estimate of drug-likeness (QED) is 0.451. The lowest BCUT2D eigenvalue weighted by molar-refractivity contribution is 0.323. The minimum Gasteiger partial charge on any atom is -0.481 e. The fourth-order valence-corrected chi connectivity index (χ4v) is 0.375. The van der Waals surface area contributed by atoms with Crippen molar-refractivity contribution in [2.24, 2.45) is 0 Å². The summed E-state index contributed by atoms with van der Waals surface area (Å²) in [6.07, 6.45) is 0. The van der Waals surface area contributed by atoms with Crippen LogP contribution in [0.4, 0.5) is 0 Å². The van der Waals surface area contributed by atoms with E-state index in [-0.39, 0.29) is 17.0 Å². The Labute approximate surface area is 68.0 Å². The summed E-state index contributed by atoms with van der Waals surface area (Å²) in [5.41, 5.74) is 0. The van der Waals surface area contributed by atoms with Gasteiger partial charge < -0.3 is 4.74 Å². The van der Waals surface area contributed by atoms with Crippen molar-refractivity contribution in [2.45, 2.75) is 6.92 Å². The molecule has 0 rings (SSSR count). The van der Waals surface area contributed by atoms with Crippen LogP contribution in [0.3, 0.4) is 0 Å². The largest absolute Gasteiger partial charge is 0.481 e. The highest BCUT2D eigenvalue weighted by atomic mass is 79.9. The predicted octanol–water partition coefficient (Wildman–Crippen LogP) is 1.97. The van der Waals surface area contributed by atoms with Crippen molar-refractivity contribution >= 4 is 38.8 Å². The topological polar surface area (TPSA) is 33.1 Å². The number of alkyl halides is 1. The zero-order chi connectivity index (χ0) is 5.70. The summed E-state index contributed by atoms with van der Waals surface area (Å²) in [6, 6.07) is 0. The molecule has 1 N–H and O–H groups in total. The van der Waals surface area contributed by atoms with Gasteiger partial charge in [0.25, 0.3) is 0 Å². The lowest BCUT2D eigenvalue weighted by Gasteiger charge is -1.96. The summed E-state index contributed by atoms with van der Waals surface area (Å²) in [5.74, 6) is 0.294. The minimum atomic E-state index is 0. The van der Waals surface area contributed by atoms with Gasteiger partial charge in [-0.3, -0.25) is 5.41 Å². The van der Waals surface area contributed by atoms with E-state index in [9.17, 15) is 0 Å². The zero-order valence-electron chi connectivity index (χ0n) is 4.61. The van der Waals surface area contributed by atoms with Crippen molar-refractivity contribution in [1.82, 2.24) is 0 Å². The van der Waals surface area contributed by atoms with Crippen LogP contribution < -0.4 is 0 Å². The molecule has 0 fully saturated rings. The Morgan fingerprint density at radius 3 is 2.38 bits per heavy atom. The molecule has 0 heterocycles. The number of halogens is 2. The zero-order valence-corrected chi connectivity index (χ0v) is 7.91. The molecule has 0 saturated heterocycles. The molecule has 0 amide bonds. The molecule has 8 heavy (non-hydrogen) atoms. The molecule has 50 valence electrons. The second-order valence-corrected chi connectivity index (χ2v) is 1.55. The van der Waals surface area contributed by atoms with Crippen molar-refractivity contribution in [3.8, 4) is 0 Å². The van der Waals surface area contributed by atoms with Gasteiger partial charge in [-0.2, -0.15) is 0 Å². The fraction of sp³-hybridized carbons (Fsp3) is 0.750. The third kappa shape index (κ3) is 6.43. The Bertz CT molecular complexity index is 67.1. The summed E-state index contributed by atoms with van der Waals surface area (Å²) in [5, 5.41) is 7.38. The average Bonchev–Trinajstić information content (AvgIpc) is 1.68. The first-order valence-corrected chi connectivity index (χ1v) is 3.19. The molecule has 4 heteroatoms. The van der Waals surface area contributed by atoms with Gasteiger partial charge in [0, 0.05) is 0 Å². The van der Waals surface area contributed by atoms with E-state index in [1.165, 1.54) is 0 Å². The standard InChI is InChI=1S/C4H8BrNO.BrH/c1-2-7-4(6)3-5;/h6H,2-3H2,1H3;1H. The maximum atomic E-state index is 6.87. The number of ether oxygens (including phenoxy) is 1. The van der Waals surface area contributed by atoms with E-state index >= 15 is 0 Å². The Kier molecular flexibility index (Phi) is 10.5. The maximum Gasteiger partial charge on any atom is 0.191 e. The summed E-state index contributed by atoms with van der Waals surface area (Å²) < 4.78 is 4.73. The molecule has 0 radical (unpaired) electrons. The Morgan fingerprint density at radius 2 is 2.25 bits per heavy atom. The molecule has 0 spiro atoms. The summed E-state index contributed by atoms with van der Waals surface area (Å²) in [4.78, 5) is 0. The predicted molar refractivity (Wildman–Crippen MR) is 43.5 cm³/mol. The highest BCUT2D eigenvalue weighted by Crippen LogP contribution is 1.83. The van der Waals surface area contributed by atoms with Crippen molar-refractivity contribution < 1.29 is 4.74 Å². The molecule has 0 saturated carbocycles. The van der Waals surface area contributed by atoms with Gasteiger partial charge in [-0.25, -0.2) is 0 Å². The first kappa shape index (κ1) is 11.3. The SMILES string of the molecule is Br.CCOC(=N)CBr. The second-order valence-electron chi connectivity index (χ2n) is 0.990. The van der Waals surface area contributed by atoms with E-state index in [1.807, 2.05) is 6.92 Å². The van der Waals surface area contributed by atoms with E-state index in [0.717, 1.165) is 0 Å².